The maximum absolute atomic E-state index is 12.6. The smallest absolute Gasteiger partial charge is 0.408 e. The van der Waals surface area contributed by atoms with Gasteiger partial charge >= 0.3 is 6.09 Å². The molecule has 3 atom stereocenters. The summed E-state index contributed by atoms with van der Waals surface area (Å²) in [4.78, 5) is 37.6. The Labute approximate surface area is 159 Å². The van der Waals surface area contributed by atoms with Crippen molar-refractivity contribution in [3.05, 3.63) is 24.0 Å². The predicted octanol–water partition coefficient (Wildman–Crippen LogP) is 1.32. The summed E-state index contributed by atoms with van der Waals surface area (Å²) in [5.74, 6) is 0.251. The Hall–Kier alpha value is -2.51. The molecule has 3 amide bonds. The number of rotatable bonds is 5. The number of nitrogens with zero attached hydrogens (tertiary/aromatic N) is 1. The first kappa shape index (κ1) is 20.8. The zero-order valence-electron chi connectivity index (χ0n) is 16.4. The summed E-state index contributed by atoms with van der Waals surface area (Å²) in [5, 5.41) is 2.44. The van der Waals surface area contributed by atoms with Gasteiger partial charge in [0.1, 0.15) is 18.2 Å². The van der Waals surface area contributed by atoms with Gasteiger partial charge in [-0.05, 0) is 45.1 Å². The molecule has 27 heavy (non-hydrogen) atoms. The number of hydrogen-bond acceptors (Lipinski definition) is 5. The molecule has 8 nitrogen and oxygen atoms in total. The lowest BCUT2D eigenvalue weighted by molar-refractivity contribution is -0.136. The second-order valence-corrected chi connectivity index (χ2v) is 7.91. The van der Waals surface area contributed by atoms with Gasteiger partial charge in [-0.15, -0.1) is 0 Å². The molecule has 1 heterocycles. The van der Waals surface area contributed by atoms with Crippen molar-refractivity contribution >= 4 is 17.9 Å². The molecule has 1 saturated heterocycles. The van der Waals surface area contributed by atoms with Crippen LogP contribution in [0.4, 0.5) is 4.79 Å². The molecular weight excluding hydrogens is 350 g/mol. The van der Waals surface area contributed by atoms with Crippen LogP contribution in [0.15, 0.2) is 24.0 Å². The second-order valence-electron chi connectivity index (χ2n) is 7.91. The molecule has 2 rings (SSSR count). The molecule has 1 fully saturated rings. The first-order valence-electron chi connectivity index (χ1n) is 9.07. The van der Waals surface area contributed by atoms with E-state index in [0.29, 0.717) is 13.0 Å². The van der Waals surface area contributed by atoms with Crippen LogP contribution in [0.25, 0.3) is 0 Å². The Morgan fingerprint density at radius 2 is 2.04 bits per heavy atom. The molecule has 0 radical (unpaired) electrons. The highest BCUT2D eigenvalue weighted by molar-refractivity contribution is 5.89. The van der Waals surface area contributed by atoms with Gasteiger partial charge in [-0.2, -0.15) is 0 Å². The Morgan fingerprint density at radius 3 is 2.63 bits per heavy atom. The van der Waals surface area contributed by atoms with Crippen LogP contribution >= 0.6 is 0 Å². The first-order chi connectivity index (χ1) is 12.6. The average molecular weight is 379 g/mol. The van der Waals surface area contributed by atoms with E-state index >= 15 is 0 Å². The average Bonchev–Trinajstić information content (AvgIpc) is 3.04. The van der Waals surface area contributed by atoms with Crippen LogP contribution in [0.5, 0.6) is 0 Å². The number of methoxy groups -OCH3 is 1. The molecular formula is C19H29N3O5. The van der Waals surface area contributed by atoms with Crippen LogP contribution in [0, 0.1) is 11.8 Å². The Morgan fingerprint density at radius 1 is 1.33 bits per heavy atom. The number of carbonyl (C=O) groups excluding carboxylic acids is 3. The van der Waals surface area contributed by atoms with E-state index in [1.807, 2.05) is 12.2 Å². The first-order valence-corrected chi connectivity index (χ1v) is 9.07. The molecule has 0 bridgehead atoms. The summed E-state index contributed by atoms with van der Waals surface area (Å²) in [6, 6.07) is -0.673. The molecule has 8 heteroatoms. The number of alkyl carbamates (subject to hydrolysis) is 1. The van der Waals surface area contributed by atoms with Gasteiger partial charge in [0.05, 0.1) is 12.9 Å². The molecule has 3 N–H and O–H groups in total. The summed E-state index contributed by atoms with van der Waals surface area (Å²) in [7, 11) is 1.63. The highest BCUT2D eigenvalue weighted by Crippen LogP contribution is 2.35. The highest BCUT2D eigenvalue weighted by atomic mass is 16.6. The van der Waals surface area contributed by atoms with Gasteiger partial charge in [-0.1, -0.05) is 12.2 Å². The fourth-order valence-electron chi connectivity index (χ4n) is 3.44. The van der Waals surface area contributed by atoms with E-state index in [9.17, 15) is 14.4 Å². The fourth-order valence-corrected chi connectivity index (χ4v) is 3.44. The van der Waals surface area contributed by atoms with Crippen molar-refractivity contribution in [2.45, 2.75) is 45.3 Å². The summed E-state index contributed by atoms with van der Waals surface area (Å²) < 4.78 is 10.4. The van der Waals surface area contributed by atoms with Gasteiger partial charge in [-0.25, -0.2) is 4.79 Å². The van der Waals surface area contributed by atoms with E-state index in [2.05, 4.69) is 11.4 Å². The standard InChI is InChI=1S/C19H29N3O5/c1-19(2,3)27-18(25)21-10-16(23)22-11-13(9-15(22)17(20)24)12-6-5-7-14(8-12)26-4/h5-7,12-13,15H,8-11H2,1-4H3,(H2,20,24)(H,21,25)/t12?,13-,15+/m1/s1. The van der Waals surface area contributed by atoms with E-state index in [0.717, 1.165) is 12.2 Å². The third kappa shape index (κ3) is 5.74. The Balaban J connectivity index is 1.97. The lowest BCUT2D eigenvalue weighted by Gasteiger charge is -2.25. The topological polar surface area (TPSA) is 111 Å². The highest BCUT2D eigenvalue weighted by Gasteiger charge is 2.41. The number of likely N-dealkylation sites (tertiary alicyclic amines) is 1. The molecule has 1 aliphatic heterocycles. The van der Waals surface area contributed by atoms with E-state index in [1.54, 1.807) is 27.9 Å². The minimum Gasteiger partial charge on any atom is -0.501 e. The quantitative estimate of drug-likeness (QED) is 0.748. The van der Waals surface area contributed by atoms with Gasteiger partial charge in [0.15, 0.2) is 0 Å². The zero-order chi connectivity index (χ0) is 20.2. The fraction of sp³-hybridized carbons (Fsp3) is 0.632. The largest absolute Gasteiger partial charge is 0.501 e. The minimum atomic E-state index is -0.674. The number of primary amides is 1. The van der Waals surface area contributed by atoms with E-state index < -0.39 is 23.6 Å². The van der Waals surface area contributed by atoms with Crippen LogP contribution in [0.2, 0.25) is 0 Å². The van der Waals surface area contributed by atoms with E-state index in [1.165, 1.54) is 4.90 Å². The van der Waals surface area contributed by atoms with Crippen molar-refractivity contribution in [1.29, 1.82) is 0 Å². The second kappa shape index (κ2) is 8.45. The predicted molar refractivity (Wildman–Crippen MR) is 99.4 cm³/mol. The van der Waals surface area contributed by atoms with Crippen LogP contribution < -0.4 is 11.1 Å². The molecule has 0 spiro atoms. The lowest BCUT2D eigenvalue weighted by Crippen LogP contribution is -2.48. The van der Waals surface area contributed by atoms with Crippen molar-refractivity contribution in [3.63, 3.8) is 0 Å². The van der Waals surface area contributed by atoms with Gasteiger partial charge < -0.3 is 25.4 Å². The molecule has 0 aromatic carbocycles. The third-order valence-corrected chi connectivity index (χ3v) is 4.71. The SMILES string of the molecule is COC1=CC=CC([C@@H]2C[C@@H](C(N)=O)N(C(=O)CNC(=O)OC(C)(C)C)C2)C1. The maximum Gasteiger partial charge on any atom is 0.408 e. The molecule has 1 aliphatic carbocycles. The number of allylic oxidation sites excluding steroid dienone is 4. The summed E-state index contributed by atoms with van der Waals surface area (Å²) in [5.41, 5.74) is 4.86. The van der Waals surface area contributed by atoms with Gasteiger partial charge in [-0.3, -0.25) is 9.59 Å². The molecule has 0 aromatic heterocycles. The maximum atomic E-state index is 12.6. The van der Waals surface area contributed by atoms with Gasteiger partial charge in [0.25, 0.3) is 0 Å². The van der Waals surface area contributed by atoms with Gasteiger partial charge in [0.2, 0.25) is 11.8 Å². The number of hydrogen-bond donors (Lipinski definition) is 2. The summed E-state index contributed by atoms with van der Waals surface area (Å²) in [6.07, 6.45) is 6.46. The Kier molecular flexibility index (Phi) is 6.51. The molecule has 0 aromatic rings. The Bertz CT molecular complexity index is 650. The van der Waals surface area contributed by atoms with Crippen LogP contribution in [-0.2, 0) is 19.1 Å². The van der Waals surface area contributed by atoms with Crippen molar-refractivity contribution in [3.8, 4) is 0 Å². The lowest BCUT2D eigenvalue weighted by atomic mass is 9.84. The summed E-state index contributed by atoms with van der Waals surface area (Å²) >= 11 is 0. The van der Waals surface area contributed by atoms with Gasteiger partial charge in [0, 0.05) is 13.0 Å². The van der Waals surface area contributed by atoms with Crippen molar-refractivity contribution in [2.75, 3.05) is 20.2 Å². The monoisotopic (exact) mass is 379 g/mol. The number of ether oxygens (including phenoxy) is 2. The van der Waals surface area contributed by atoms with Crippen LogP contribution in [-0.4, -0.2) is 54.6 Å². The molecule has 2 aliphatic rings. The summed E-state index contributed by atoms with van der Waals surface area (Å²) in [6.45, 7) is 5.39. The van der Waals surface area contributed by atoms with E-state index in [4.69, 9.17) is 15.2 Å². The van der Waals surface area contributed by atoms with E-state index in [-0.39, 0.29) is 24.3 Å². The molecule has 1 unspecified atom stereocenters. The number of nitrogens with one attached hydrogen (secondary N) is 1. The zero-order valence-corrected chi connectivity index (χ0v) is 16.4. The van der Waals surface area contributed by atoms with Crippen molar-refractivity contribution in [2.24, 2.45) is 17.6 Å². The number of amides is 3. The third-order valence-electron chi connectivity index (χ3n) is 4.71. The van der Waals surface area contributed by atoms with Crippen molar-refractivity contribution in [1.82, 2.24) is 10.2 Å². The normalized spacial score (nSPS) is 25.0. The van der Waals surface area contributed by atoms with Crippen molar-refractivity contribution < 1.29 is 23.9 Å². The number of nitrogens with two attached hydrogens (primary N) is 1. The minimum absolute atomic E-state index is 0.100. The van der Waals surface area contributed by atoms with Crippen LogP contribution in [0.3, 0.4) is 0 Å². The number of carbonyl (C=O) groups is 3. The molecule has 150 valence electrons. The molecule has 0 saturated carbocycles. The van der Waals surface area contributed by atoms with Crippen LogP contribution in [0.1, 0.15) is 33.6 Å².